The minimum absolute atomic E-state index is 0.0999. The van der Waals surface area contributed by atoms with Gasteiger partial charge in [-0.25, -0.2) is 9.97 Å². The molecule has 29 heavy (non-hydrogen) atoms. The van der Waals surface area contributed by atoms with Gasteiger partial charge in [-0.05, 0) is 48.4 Å². The number of benzene rings is 2. The second-order valence-electron chi connectivity index (χ2n) is 6.55. The Morgan fingerprint density at radius 2 is 2.10 bits per heavy atom. The highest BCUT2D eigenvalue weighted by atomic mass is 35.5. The number of ether oxygens (including phenoxy) is 1. The molecule has 4 aromatic rings. The maximum absolute atomic E-state index is 12.5. The standard InChI is InChI=1S/C22H19ClN4O2/c1-29-20-8-7-16(19-14-27-11-3-10-24-22(27)26-19)13-18(20)25-21(28)9-6-15-4-2-5-17(23)12-15/h2-5,7-8,10-14H,6,9H2,1H3,(H,25,28). The summed E-state index contributed by atoms with van der Waals surface area (Å²) in [6, 6.07) is 14.9. The summed E-state index contributed by atoms with van der Waals surface area (Å²) in [4.78, 5) is 21.3. The Bertz CT molecular complexity index is 1140. The molecule has 0 saturated carbocycles. The number of carbonyl (C=O) groups is 1. The van der Waals surface area contributed by atoms with Crippen molar-refractivity contribution in [3.05, 3.63) is 77.7 Å². The molecule has 0 spiro atoms. The number of methoxy groups -OCH3 is 1. The molecule has 0 saturated heterocycles. The van der Waals surface area contributed by atoms with E-state index in [1.807, 2.05) is 65.3 Å². The third-order valence-electron chi connectivity index (χ3n) is 4.53. The molecule has 0 aliphatic heterocycles. The van der Waals surface area contributed by atoms with Crippen LogP contribution in [0.1, 0.15) is 12.0 Å². The summed E-state index contributed by atoms with van der Waals surface area (Å²) in [5.74, 6) is 1.11. The quantitative estimate of drug-likeness (QED) is 0.507. The lowest BCUT2D eigenvalue weighted by atomic mass is 10.1. The molecule has 4 rings (SSSR count). The van der Waals surface area contributed by atoms with Gasteiger partial charge >= 0.3 is 0 Å². The Hall–Kier alpha value is -3.38. The largest absolute Gasteiger partial charge is 0.495 e. The number of halogens is 1. The molecule has 1 amide bonds. The van der Waals surface area contributed by atoms with E-state index in [1.165, 1.54) is 0 Å². The number of amides is 1. The number of anilines is 1. The van der Waals surface area contributed by atoms with Gasteiger partial charge in [-0.15, -0.1) is 0 Å². The van der Waals surface area contributed by atoms with Crippen LogP contribution in [0.2, 0.25) is 5.02 Å². The fourth-order valence-electron chi connectivity index (χ4n) is 3.10. The predicted molar refractivity (Wildman–Crippen MR) is 113 cm³/mol. The normalized spacial score (nSPS) is 10.8. The van der Waals surface area contributed by atoms with Crippen LogP contribution in [-0.4, -0.2) is 27.4 Å². The van der Waals surface area contributed by atoms with E-state index < -0.39 is 0 Å². The predicted octanol–water partition coefficient (Wildman–Crippen LogP) is 4.63. The van der Waals surface area contributed by atoms with Crippen molar-refractivity contribution in [2.45, 2.75) is 12.8 Å². The van der Waals surface area contributed by atoms with E-state index in [-0.39, 0.29) is 5.91 Å². The van der Waals surface area contributed by atoms with Gasteiger partial charge < -0.3 is 10.1 Å². The molecule has 0 bridgehead atoms. The zero-order valence-corrected chi connectivity index (χ0v) is 16.6. The molecule has 7 heteroatoms. The number of aromatic nitrogens is 3. The van der Waals surface area contributed by atoms with Crippen molar-refractivity contribution in [3.8, 4) is 17.0 Å². The van der Waals surface area contributed by atoms with Gasteiger partial charge in [0.15, 0.2) is 0 Å². The monoisotopic (exact) mass is 406 g/mol. The van der Waals surface area contributed by atoms with Crippen molar-refractivity contribution in [2.24, 2.45) is 0 Å². The molecular formula is C22H19ClN4O2. The van der Waals surface area contributed by atoms with Crippen LogP contribution >= 0.6 is 11.6 Å². The fraction of sp³-hybridized carbons (Fsp3) is 0.136. The highest BCUT2D eigenvalue weighted by Gasteiger charge is 2.12. The van der Waals surface area contributed by atoms with E-state index in [2.05, 4.69) is 15.3 Å². The zero-order chi connectivity index (χ0) is 20.2. The summed E-state index contributed by atoms with van der Waals surface area (Å²) in [6.07, 6.45) is 6.43. The van der Waals surface area contributed by atoms with Crippen molar-refractivity contribution in [1.82, 2.24) is 14.4 Å². The minimum Gasteiger partial charge on any atom is -0.495 e. The minimum atomic E-state index is -0.0999. The molecule has 1 N–H and O–H groups in total. The van der Waals surface area contributed by atoms with Gasteiger partial charge in [0.25, 0.3) is 0 Å². The fourth-order valence-corrected chi connectivity index (χ4v) is 3.31. The second-order valence-corrected chi connectivity index (χ2v) is 6.98. The van der Waals surface area contributed by atoms with Crippen molar-refractivity contribution in [1.29, 1.82) is 0 Å². The Kier molecular flexibility index (Phi) is 5.44. The molecule has 2 aromatic heterocycles. The summed E-state index contributed by atoms with van der Waals surface area (Å²) in [5.41, 5.74) is 3.25. The highest BCUT2D eigenvalue weighted by Crippen LogP contribution is 2.30. The van der Waals surface area contributed by atoms with Crippen LogP contribution < -0.4 is 10.1 Å². The maximum Gasteiger partial charge on any atom is 0.234 e. The third-order valence-corrected chi connectivity index (χ3v) is 4.77. The number of hydrogen-bond acceptors (Lipinski definition) is 4. The van der Waals surface area contributed by atoms with E-state index in [1.54, 1.807) is 13.3 Å². The number of carbonyl (C=O) groups excluding carboxylic acids is 1. The van der Waals surface area contributed by atoms with Crippen LogP contribution in [0.4, 0.5) is 5.69 Å². The van der Waals surface area contributed by atoms with Gasteiger partial charge in [-0.1, -0.05) is 23.7 Å². The SMILES string of the molecule is COc1ccc(-c2cn3cccnc3n2)cc1NC(=O)CCc1cccc(Cl)c1. The maximum atomic E-state index is 12.5. The number of fused-ring (bicyclic) bond motifs is 1. The number of nitrogens with one attached hydrogen (secondary N) is 1. The molecule has 0 radical (unpaired) electrons. The Morgan fingerprint density at radius 1 is 1.21 bits per heavy atom. The Labute approximate surface area is 173 Å². The highest BCUT2D eigenvalue weighted by molar-refractivity contribution is 6.30. The van der Waals surface area contributed by atoms with Gasteiger partial charge in [0, 0.05) is 35.6 Å². The number of rotatable bonds is 6. The summed E-state index contributed by atoms with van der Waals surface area (Å²) in [7, 11) is 1.57. The molecular weight excluding hydrogens is 388 g/mol. The van der Waals surface area contributed by atoms with Gasteiger partial charge in [-0.3, -0.25) is 9.20 Å². The smallest absolute Gasteiger partial charge is 0.234 e. The molecule has 146 valence electrons. The first-order valence-electron chi connectivity index (χ1n) is 9.15. The molecule has 0 unspecified atom stereocenters. The van der Waals surface area contributed by atoms with E-state index in [4.69, 9.17) is 16.3 Å². The van der Waals surface area contributed by atoms with E-state index in [9.17, 15) is 4.79 Å². The van der Waals surface area contributed by atoms with Crippen LogP contribution in [0.25, 0.3) is 17.0 Å². The van der Waals surface area contributed by atoms with Crippen molar-refractivity contribution in [3.63, 3.8) is 0 Å². The number of imidazole rings is 1. The molecule has 6 nitrogen and oxygen atoms in total. The molecule has 2 heterocycles. The van der Waals surface area contributed by atoms with Crippen LogP contribution in [-0.2, 0) is 11.2 Å². The Morgan fingerprint density at radius 3 is 2.90 bits per heavy atom. The lowest BCUT2D eigenvalue weighted by Crippen LogP contribution is -2.13. The van der Waals surface area contributed by atoms with Gasteiger partial charge in [0.1, 0.15) is 5.75 Å². The molecule has 0 aliphatic rings. The first-order valence-corrected chi connectivity index (χ1v) is 9.52. The van der Waals surface area contributed by atoms with E-state index in [0.717, 1.165) is 16.8 Å². The zero-order valence-electron chi connectivity index (χ0n) is 15.8. The molecule has 2 aromatic carbocycles. The molecule has 0 atom stereocenters. The van der Waals surface area contributed by atoms with Gasteiger partial charge in [0.2, 0.25) is 11.7 Å². The van der Waals surface area contributed by atoms with Crippen LogP contribution in [0.15, 0.2) is 67.1 Å². The van der Waals surface area contributed by atoms with Gasteiger partial charge in [0.05, 0.1) is 18.5 Å². The number of hydrogen-bond donors (Lipinski definition) is 1. The second kappa shape index (κ2) is 8.32. The number of nitrogens with zero attached hydrogens (tertiary/aromatic N) is 3. The average molecular weight is 407 g/mol. The van der Waals surface area contributed by atoms with E-state index in [0.29, 0.717) is 35.1 Å². The topological polar surface area (TPSA) is 68.5 Å². The number of aryl methyl sites for hydroxylation is 1. The summed E-state index contributed by atoms with van der Waals surface area (Å²) in [5, 5.41) is 3.61. The van der Waals surface area contributed by atoms with Gasteiger partial charge in [-0.2, -0.15) is 0 Å². The lowest BCUT2D eigenvalue weighted by molar-refractivity contribution is -0.116. The summed E-state index contributed by atoms with van der Waals surface area (Å²) < 4.78 is 7.25. The molecule has 0 aliphatic carbocycles. The average Bonchev–Trinajstić information content (AvgIpc) is 3.17. The summed E-state index contributed by atoms with van der Waals surface area (Å²) >= 11 is 6.01. The first-order chi connectivity index (χ1) is 14.1. The van der Waals surface area contributed by atoms with E-state index >= 15 is 0 Å². The van der Waals surface area contributed by atoms with Crippen molar-refractivity contribution < 1.29 is 9.53 Å². The van der Waals surface area contributed by atoms with Crippen molar-refractivity contribution >= 4 is 29.0 Å². The third kappa shape index (κ3) is 4.38. The van der Waals surface area contributed by atoms with Crippen LogP contribution in [0, 0.1) is 0 Å². The lowest BCUT2D eigenvalue weighted by Gasteiger charge is -2.11. The first kappa shape index (κ1) is 19.0. The van der Waals surface area contributed by atoms with Crippen molar-refractivity contribution in [2.75, 3.05) is 12.4 Å². The Balaban J connectivity index is 1.52. The molecule has 0 fully saturated rings. The summed E-state index contributed by atoms with van der Waals surface area (Å²) in [6.45, 7) is 0. The van der Waals surface area contributed by atoms with Crippen LogP contribution in [0.3, 0.4) is 0 Å². The van der Waals surface area contributed by atoms with Crippen LogP contribution in [0.5, 0.6) is 5.75 Å².